The van der Waals surface area contributed by atoms with Gasteiger partial charge in [0.2, 0.25) is 0 Å². The molecule has 0 aromatic rings. The van der Waals surface area contributed by atoms with Crippen LogP contribution in [-0.2, 0) is 9.84 Å². The molecule has 84 valence electrons. The maximum atomic E-state index is 11.8. The topological polar surface area (TPSA) is 34.1 Å². The average molecular weight is 283 g/mol. The molecule has 1 rings (SSSR count). The number of alkyl halides is 1. The third kappa shape index (κ3) is 1.75. The third-order valence-electron chi connectivity index (χ3n) is 3.60. The molecule has 1 heterocycles. The van der Waals surface area contributed by atoms with Crippen LogP contribution < -0.4 is 0 Å². The van der Waals surface area contributed by atoms with E-state index in [-0.39, 0.29) is 11.3 Å². The molecule has 4 heteroatoms. The van der Waals surface area contributed by atoms with E-state index in [2.05, 4.69) is 29.8 Å². The van der Waals surface area contributed by atoms with Gasteiger partial charge in [-0.15, -0.1) is 0 Å². The first-order valence-corrected chi connectivity index (χ1v) is 7.71. The van der Waals surface area contributed by atoms with Crippen molar-refractivity contribution in [2.75, 3.05) is 11.1 Å². The fourth-order valence-corrected chi connectivity index (χ4v) is 4.86. The summed E-state index contributed by atoms with van der Waals surface area (Å²) in [6.45, 7) is 8.00. The van der Waals surface area contributed by atoms with Gasteiger partial charge < -0.3 is 0 Å². The number of hydrogen-bond acceptors (Lipinski definition) is 2. The molecule has 0 amide bonds. The van der Waals surface area contributed by atoms with Crippen molar-refractivity contribution < 1.29 is 8.42 Å². The van der Waals surface area contributed by atoms with Crippen LogP contribution in [-0.4, -0.2) is 24.2 Å². The van der Waals surface area contributed by atoms with Crippen molar-refractivity contribution in [2.24, 2.45) is 11.3 Å². The van der Waals surface area contributed by atoms with E-state index in [1.165, 1.54) is 0 Å². The van der Waals surface area contributed by atoms with E-state index < -0.39 is 14.6 Å². The highest BCUT2D eigenvalue weighted by atomic mass is 79.9. The molecule has 1 saturated heterocycles. The van der Waals surface area contributed by atoms with Gasteiger partial charge in [-0.25, -0.2) is 8.42 Å². The molecule has 0 aromatic heterocycles. The lowest BCUT2D eigenvalue weighted by atomic mass is 9.73. The summed E-state index contributed by atoms with van der Waals surface area (Å²) >= 11 is 3.48. The van der Waals surface area contributed by atoms with E-state index in [0.717, 1.165) is 11.8 Å². The maximum Gasteiger partial charge on any atom is 0.155 e. The Kier molecular flexibility index (Phi) is 3.10. The van der Waals surface area contributed by atoms with Crippen LogP contribution in [0.2, 0.25) is 0 Å². The van der Waals surface area contributed by atoms with Crippen molar-refractivity contribution in [3.05, 3.63) is 0 Å². The molecule has 2 nitrogen and oxygen atoms in total. The van der Waals surface area contributed by atoms with E-state index in [1.807, 2.05) is 13.8 Å². The van der Waals surface area contributed by atoms with E-state index in [9.17, 15) is 8.42 Å². The van der Waals surface area contributed by atoms with Crippen LogP contribution in [0.5, 0.6) is 0 Å². The van der Waals surface area contributed by atoms with Gasteiger partial charge in [0.15, 0.2) is 9.84 Å². The summed E-state index contributed by atoms with van der Waals surface area (Å²) in [4.78, 5) is 0. The second-order valence-electron chi connectivity index (χ2n) is 5.39. The minimum atomic E-state index is -2.89. The van der Waals surface area contributed by atoms with Crippen LogP contribution in [0.3, 0.4) is 0 Å². The standard InChI is InChI=1S/C10H19BrO2S/c1-9(2,7-11)8-5-6-14(12,13)10(8,3)4/h8H,5-7H2,1-4H3. The van der Waals surface area contributed by atoms with E-state index >= 15 is 0 Å². The number of hydrogen-bond donors (Lipinski definition) is 0. The highest BCUT2D eigenvalue weighted by Gasteiger charge is 2.52. The Morgan fingerprint density at radius 2 is 1.93 bits per heavy atom. The van der Waals surface area contributed by atoms with Gasteiger partial charge >= 0.3 is 0 Å². The fraction of sp³-hybridized carbons (Fsp3) is 1.00. The first-order valence-electron chi connectivity index (χ1n) is 4.93. The Hall–Kier alpha value is 0.430. The molecule has 0 aromatic carbocycles. The van der Waals surface area contributed by atoms with Gasteiger partial charge in [0.1, 0.15) is 0 Å². The van der Waals surface area contributed by atoms with Crippen molar-refractivity contribution in [3.63, 3.8) is 0 Å². The summed E-state index contributed by atoms with van der Waals surface area (Å²) in [5.41, 5.74) is 0.0487. The average Bonchev–Trinajstić information content (AvgIpc) is 2.23. The Labute approximate surface area is 95.5 Å². The second-order valence-corrected chi connectivity index (χ2v) is 8.64. The molecule has 1 aliphatic rings. The van der Waals surface area contributed by atoms with Crippen LogP contribution in [0.15, 0.2) is 0 Å². The predicted molar refractivity (Wildman–Crippen MR) is 63.5 cm³/mol. The maximum absolute atomic E-state index is 11.8. The van der Waals surface area contributed by atoms with Gasteiger partial charge in [-0.1, -0.05) is 29.8 Å². The van der Waals surface area contributed by atoms with Gasteiger partial charge in [-0.2, -0.15) is 0 Å². The van der Waals surface area contributed by atoms with E-state index in [0.29, 0.717) is 5.75 Å². The molecule has 0 aliphatic carbocycles. The summed E-state index contributed by atoms with van der Waals surface area (Å²) in [6, 6.07) is 0. The molecule has 0 saturated carbocycles. The largest absolute Gasteiger partial charge is 0.228 e. The molecule has 1 aliphatic heterocycles. The summed E-state index contributed by atoms with van der Waals surface area (Å²) in [5.74, 6) is 0.598. The minimum Gasteiger partial charge on any atom is -0.228 e. The van der Waals surface area contributed by atoms with Crippen LogP contribution in [0.4, 0.5) is 0 Å². The van der Waals surface area contributed by atoms with Crippen LogP contribution in [0.25, 0.3) is 0 Å². The molecular weight excluding hydrogens is 264 g/mol. The fourth-order valence-electron chi connectivity index (χ4n) is 2.53. The van der Waals surface area contributed by atoms with Crippen molar-refractivity contribution in [2.45, 2.75) is 38.9 Å². The van der Waals surface area contributed by atoms with Crippen LogP contribution in [0.1, 0.15) is 34.1 Å². The lowest BCUT2D eigenvalue weighted by Crippen LogP contribution is -2.41. The smallest absolute Gasteiger partial charge is 0.155 e. The quantitative estimate of drug-likeness (QED) is 0.730. The number of sulfone groups is 1. The summed E-state index contributed by atoms with van der Waals surface area (Å²) in [6.07, 6.45) is 0.800. The molecule has 0 N–H and O–H groups in total. The summed E-state index contributed by atoms with van der Waals surface area (Å²) in [5, 5.41) is 0.851. The van der Waals surface area contributed by atoms with Gasteiger partial charge in [-0.3, -0.25) is 0 Å². The second kappa shape index (κ2) is 3.48. The van der Waals surface area contributed by atoms with Crippen LogP contribution >= 0.6 is 15.9 Å². The number of halogens is 1. The Bertz CT molecular complexity index is 317. The molecule has 0 bridgehead atoms. The molecular formula is C10H19BrO2S. The molecule has 1 fully saturated rings. The molecule has 14 heavy (non-hydrogen) atoms. The highest BCUT2D eigenvalue weighted by Crippen LogP contribution is 2.47. The Morgan fingerprint density at radius 3 is 2.21 bits per heavy atom. The zero-order chi connectivity index (χ0) is 11.2. The predicted octanol–water partition coefficient (Wildman–Crippen LogP) is 2.62. The van der Waals surface area contributed by atoms with Gasteiger partial charge in [0.05, 0.1) is 10.5 Å². The first kappa shape index (κ1) is 12.5. The normalized spacial score (nSPS) is 30.5. The minimum absolute atomic E-state index is 0.0487. The van der Waals surface area contributed by atoms with Gasteiger partial charge in [0, 0.05) is 5.33 Å². The Morgan fingerprint density at radius 1 is 1.43 bits per heavy atom. The summed E-state index contributed by atoms with van der Waals surface area (Å²) < 4.78 is 23.1. The van der Waals surface area contributed by atoms with E-state index in [4.69, 9.17) is 0 Å². The summed E-state index contributed by atoms with van der Waals surface area (Å²) in [7, 11) is -2.89. The third-order valence-corrected chi connectivity index (χ3v) is 7.71. The Balaban J connectivity index is 3.08. The monoisotopic (exact) mass is 282 g/mol. The SMILES string of the molecule is CC(C)(CBr)C1CCS(=O)(=O)C1(C)C. The van der Waals surface area contributed by atoms with Crippen molar-refractivity contribution in [1.82, 2.24) is 0 Å². The van der Waals surface area contributed by atoms with Gasteiger partial charge in [0.25, 0.3) is 0 Å². The van der Waals surface area contributed by atoms with Crippen molar-refractivity contribution in [3.8, 4) is 0 Å². The molecule has 1 atom stereocenters. The highest BCUT2D eigenvalue weighted by molar-refractivity contribution is 9.09. The molecule has 1 unspecified atom stereocenters. The lowest BCUT2D eigenvalue weighted by molar-refractivity contribution is 0.208. The van der Waals surface area contributed by atoms with Crippen molar-refractivity contribution >= 4 is 25.8 Å². The zero-order valence-corrected chi connectivity index (χ0v) is 11.7. The van der Waals surface area contributed by atoms with Crippen LogP contribution in [0, 0.1) is 11.3 Å². The van der Waals surface area contributed by atoms with Gasteiger partial charge in [-0.05, 0) is 31.6 Å². The van der Waals surface area contributed by atoms with Crippen molar-refractivity contribution in [1.29, 1.82) is 0 Å². The first-order chi connectivity index (χ1) is 6.15. The number of rotatable bonds is 2. The zero-order valence-electron chi connectivity index (χ0n) is 9.30. The molecule has 0 radical (unpaired) electrons. The molecule has 0 spiro atoms. The van der Waals surface area contributed by atoms with E-state index in [1.54, 1.807) is 0 Å². The lowest BCUT2D eigenvalue weighted by Gasteiger charge is -2.37.